The average Bonchev–Trinajstić information content (AvgIpc) is 2.72. The van der Waals surface area contributed by atoms with E-state index in [0.717, 1.165) is 11.3 Å². The van der Waals surface area contributed by atoms with Gasteiger partial charge in [0.25, 0.3) is 5.91 Å². The minimum Gasteiger partial charge on any atom is -0.393 e. The van der Waals surface area contributed by atoms with E-state index in [9.17, 15) is 14.3 Å². The van der Waals surface area contributed by atoms with Gasteiger partial charge in [-0.1, -0.05) is 33.8 Å². The minimum atomic E-state index is -0.809. The normalized spacial score (nSPS) is 13.8. The number of piperidine rings is 1. The molecule has 2 aromatic rings. The fraction of sp³-hybridized carbons (Fsp3) is 0.476. The number of carbonyl (C=O) groups excluding carboxylic acids is 1. The summed E-state index contributed by atoms with van der Waals surface area (Å²) in [7, 11) is 0. The molecule has 0 atom stereocenters. The molecular weight excluding hydrogens is 359 g/mol. The lowest BCUT2D eigenvalue weighted by molar-refractivity contribution is 0.0996. The van der Waals surface area contributed by atoms with Crippen LogP contribution in [0, 0.1) is 12.7 Å². The average molecular weight is 391 g/mol. The van der Waals surface area contributed by atoms with Crippen LogP contribution in [0.5, 0.6) is 0 Å². The van der Waals surface area contributed by atoms with Gasteiger partial charge in [-0.2, -0.15) is 0 Å². The number of aryl methyl sites for hydroxylation is 1. The van der Waals surface area contributed by atoms with Crippen LogP contribution in [-0.2, 0) is 0 Å². The monoisotopic (exact) mass is 390 g/mol. The smallest absolute Gasteiger partial charge is 0.251 e. The van der Waals surface area contributed by atoms with Gasteiger partial charge in [-0.15, -0.1) is 0 Å². The Morgan fingerprint density at radius 1 is 1.21 bits per heavy atom. The van der Waals surface area contributed by atoms with Gasteiger partial charge in [-0.05, 0) is 37.5 Å². The molecule has 0 radical (unpaired) electrons. The maximum absolute atomic E-state index is 13.6. The molecule has 1 amide bonds. The van der Waals surface area contributed by atoms with Crippen LogP contribution in [-0.4, -0.2) is 40.2 Å². The molecule has 154 valence electrons. The molecule has 28 heavy (non-hydrogen) atoms. The molecule has 3 N–H and O–H groups in total. The SMILES string of the molecule is CC.CC.Cc1nc(N2CCC(O)CC2)ncc1-c1ccc(F)c(C(N)=O)c1. The standard InChI is InChI=1S/C17H19FN4O2.2C2H6/c1-10-14(11-2-3-15(18)13(8-11)16(19)24)9-20-17(21-10)22-6-4-12(23)5-7-22;2*1-2/h2-3,8-9,12,23H,4-7H2,1H3,(H2,19,24);2*1-2H3. The van der Waals surface area contributed by atoms with E-state index >= 15 is 0 Å². The molecule has 2 heterocycles. The molecule has 1 aliphatic rings. The van der Waals surface area contributed by atoms with Crippen LogP contribution in [0.4, 0.5) is 10.3 Å². The lowest BCUT2D eigenvalue weighted by Crippen LogP contribution is -2.36. The van der Waals surface area contributed by atoms with Crippen LogP contribution in [0.25, 0.3) is 11.1 Å². The maximum Gasteiger partial charge on any atom is 0.251 e. The van der Waals surface area contributed by atoms with Gasteiger partial charge in [0.15, 0.2) is 0 Å². The van der Waals surface area contributed by atoms with Crippen molar-refractivity contribution in [2.75, 3.05) is 18.0 Å². The molecule has 1 aromatic carbocycles. The number of aromatic nitrogens is 2. The minimum absolute atomic E-state index is 0.152. The molecule has 3 rings (SSSR count). The van der Waals surface area contributed by atoms with Gasteiger partial charge in [-0.25, -0.2) is 14.4 Å². The van der Waals surface area contributed by atoms with Crippen LogP contribution >= 0.6 is 0 Å². The van der Waals surface area contributed by atoms with Gasteiger partial charge >= 0.3 is 0 Å². The zero-order chi connectivity index (χ0) is 21.3. The first-order chi connectivity index (χ1) is 13.5. The van der Waals surface area contributed by atoms with Crippen LogP contribution < -0.4 is 10.6 Å². The molecule has 0 unspecified atom stereocenters. The van der Waals surface area contributed by atoms with Crippen molar-refractivity contribution in [3.05, 3.63) is 41.5 Å². The highest BCUT2D eigenvalue weighted by Crippen LogP contribution is 2.26. The Morgan fingerprint density at radius 3 is 2.36 bits per heavy atom. The second-order valence-corrected chi connectivity index (χ2v) is 5.95. The first-order valence-electron chi connectivity index (χ1n) is 9.82. The Kier molecular flexibility index (Phi) is 9.51. The number of primary amides is 1. The van der Waals surface area contributed by atoms with E-state index in [1.165, 1.54) is 12.1 Å². The van der Waals surface area contributed by atoms with Gasteiger partial charge in [0.05, 0.1) is 17.4 Å². The molecule has 1 aliphatic heterocycles. The number of nitrogens with two attached hydrogens (primary N) is 1. The topological polar surface area (TPSA) is 92.3 Å². The van der Waals surface area contributed by atoms with Crippen LogP contribution in [0.15, 0.2) is 24.4 Å². The summed E-state index contributed by atoms with van der Waals surface area (Å²) in [5.74, 6) is -0.842. The second kappa shape index (κ2) is 11.3. The molecule has 6 nitrogen and oxygen atoms in total. The van der Waals surface area contributed by atoms with Gasteiger partial charge in [0.1, 0.15) is 5.82 Å². The maximum atomic E-state index is 13.6. The molecule has 0 bridgehead atoms. The predicted molar refractivity (Wildman–Crippen MR) is 111 cm³/mol. The highest BCUT2D eigenvalue weighted by Gasteiger charge is 2.20. The number of hydrogen-bond acceptors (Lipinski definition) is 5. The summed E-state index contributed by atoms with van der Waals surface area (Å²) in [6.45, 7) is 11.3. The number of benzene rings is 1. The highest BCUT2D eigenvalue weighted by molar-refractivity contribution is 5.94. The van der Waals surface area contributed by atoms with E-state index in [4.69, 9.17) is 5.73 Å². The van der Waals surface area contributed by atoms with Crippen molar-refractivity contribution in [2.24, 2.45) is 5.73 Å². The van der Waals surface area contributed by atoms with E-state index in [1.807, 2.05) is 39.5 Å². The summed E-state index contributed by atoms with van der Waals surface area (Å²) in [5.41, 5.74) is 7.14. The van der Waals surface area contributed by atoms with E-state index in [1.54, 1.807) is 12.3 Å². The van der Waals surface area contributed by atoms with Crippen molar-refractivity contribution in [2.45, 2.75) is 53.6 Å². The summed E-state index contributed by atoms with van der Waals surface area (Å²) in [6, 6.07) is 4.21. The van der Waals surface area contributed by atoms with Crippen molar-refractivity contribution in [1.29, 1.82) is 0 Å². The largest absolute Gasteiger partial charge is 0.393 e. The van der Waals surface area contributed by atoms with Crippen molar-refractivity contribution >= 4 is 11.9 Å². The van der Waals surface area contributed by atoms with E-state index in [2.05, 4.69) is 9.97 Å². The molecule has 0 aliphatic carbocycles. The third-order valence-corrected chi connectivity index (χ3v) is 4.26. The highest BCUT2D eigenvalue weighted by atomic mass is 19.1. The fourth-order valence-electron chi connectivity index (χ4n) is 2.84. The molecule has 7 heteroatoms. The molecular formula is C21H31FN4O2. The number of nitrogens with zero attached hydrogens (tertiary/aromatic N) is 3. The van der Waals surface area contributed by atoms with E-state index in [-0.39, 0.29) is 11.7 Å². The first-order valence-corrected chi connectivity index (χ1v) is 9.82. The Bertz CT molecular complexity index is 775. The summed E-state index contributed by atoms with van der Waals surface area (Å²) in [5, 5.41) is 9.58. The van der Waals surface area contributed by atoms with Crippen LogP contribution in [0.3, 0.4) is 0 Å². The van der Waals surface area contributed by atoms with E-state index in [0.29, 0.717) is 37.4 Å². The summed E-state index contributed by atoms with van der Waals surface area (Å²) in [6.07, 6.45) is 2.81. The number of amides is 1. The van der Waals surface area contributed by atoms with Crippen molar-refractivity contribution < 1.29 is 14.3 Å². The summed E-state index contributed by atoms with van der Waals surface area (Å²) >= 11 is 0. The lowest BCUT2D eigenvalue weighted by atomic mass is 10.0. The molecule has 0 saturated carbocycles. The lowest BCUT2D eigenvalue weighted by Gasteiger charge is -2.29. The number of hydrogen-bond donors (Lipinski definition) is 2. The van der Waals surface area contributed by atoms with Gasteiger partial charge in [0, 0.05) is 24.8 Å². The molecule has 1 aromatic heterocycles. The molecule has 1 fully saturated rings. The molecule has 0 spiro atoms. The molecule has 1 saturated heterocycles. The summed E-state index contributed by atoms with van der Waals surface area (Å²) in [4.78, 5) is 22.2. The van der Waals surface area contributed by atoms with Crippen LogP contribution in [0.1, 0.15) is 56.6 Å². The number of aliphatic hydroxyl groups is 1. The number of carbonyl (C=O) groups is 1. The first kappa shape index (κ1) is 23.5. The third kappa shape index (κ3) is 5.73. The van der Waals surface area contributed by atoms with Crippen molar-refractivity contribution in [1.82, 2.24) is 9.97 Å². The Hall–Kier alpha value is -2.54. The second-order valence-electron chi connectivity index (χ2n) is 5.95. The number of halogens is 1. The van der Waals surface area contributed by atoms with Crippen LogP contribution in [0.2, 0.25) is 0 Å². The van der Waals surface area contributed by atoms with Gasteiger partial charge in [0.2, 0.25) is 5.95 Å². The number of aliphatic hydroxyl groups excluding tert-OH is 1. The Balaban J connectivity index is 0.000000921. The Morgan fingerprint density at radius 2 is 1.82 bits per heavy atom. The number of anilines is 1. The zero-order valence-electron chi connectivity index (χ0n) is 17.4. The summed E-state index contributed by atoms with van der Waals surface area (Å²) < 4.78 is 13.6. The van der Waals surface area contributed by atoms with Crippen molar-refractivity contribution in [3.8, 4) is 11.1 Å². The van der Waals surface area contributed by atoms with E-state index < -0.39 is 11.7 Å². The quantitative estimate of drug-likeness (QED) is 0.834. The zero-order valence-corrected chi connectivity index (χ0v) is 17.4. The predicted octanol–water partition coefficient (Wildman–Crippen LogP) is 3.70. The Labute approximate surface area is 166 Å². The van der Waals surface area contributed by atoms with Gasteiger partial charge in [-0.3, -0.25) is 4.79 Å². The fourth-order valence-corrected chi connectivity index (χ4v) is 2.84. The third-order valence-electron chi connectivity index (χ3n) is 4.26. The van der Waals surface area contributed by atoms with Gasteiger partial charge < -0.3 is 15.7 Å². The number of rotatable bonds is 3. The van der Waals surface area contributed by atoms with Crippen molar-refractivity contribution in [3.63, 3.8) is 0 Å².